The van der Waals surface area contributed by atoms with Crippen LogP contribution in [0.15, 0.2) is 48.5 Å². The van der Waals surface area contributed by atoms with Gasteiger partial charge in [-0.1, -0.05) is 30.3 Å². The highest BCUT2D eigenvalue weighted by Gasteiger charge is 2.25. The molecule has 0 saturated heterocycles. The molecule has 1 aliphatic heterocycles. The third kappa shape index (κ3) is 5.46. The van der Waals surface area contributed by atoms with Gasteiger partial charge in [-0.3, -0.25) is 4.79 Å². The Bertz CT molecular complexity index is 836. The Morgan fingerprint density at radius 2 is 1.83 bits per heavy atom. The van der Waals surface area contributed by atoms with Crippen molar-refractivity contribution >= 4 is 18.3 Å². The van der Waals surface area contributed by atoms with E-state index in [1.165, 1.54) is 11.1 Å². The molecule has 0 radical (unpaired) electrons. The molecule has 2 aromatic rings. The van der Waals surface area contributed by atoms with Gasteiger partial charge in [0.2, 0.25) is 5.91 Å². The number of nitrogens with one attached hydrogen (secondary N) is 1. The van der Waals surface area contributed by atoms with E-state index in [4.69, 9.17) is 15.2 Å². The molecule has 4 rings (SSSR count). The Labute approximate surface area is 184 Å². The van der Waals surface area contributed by atoms with Crippen molar-refractivity contribution in [2.24, 2.45) is 5.73 Å². The van der Waals surface area contributed by atoms with Crippen molar-refractivity contribution in [3.8, 4) is 11.5 Å². The maximum atomic E-state index is 11.8. The van der Waals surface area contributed by atoms with Crippen LogP contribution < -0.4 is 20.5 Å². The van der Waals surface area contributed by atoms with Crippen molar-refractivity contribution in [3.05, 3.63) is 59.7 Å². The third-order valence-corrected chi connectivity index (χ3v) is 5.89. The van der Waals surface area contributed by atoms with Gasteiger partial charge in [-0.15, -0.1) is 12.4 Å². The summed E-state index contributed by atoms with van der Waals surface area (Å²) in [5.41, 5.74) is 8.08. The second-order valence-corrected chi connectivity index (χ2v) is 8.21. The molecule has 0 aromatic heterocycles. The highest BCUT2D eigenvalue weighted by molar-refractivity contribution is 5.85. The molecule has 1 fully saturated rings. The minimum atomic E-state index is -0.455. The van der Waals surface area contributed by atoms with Gasteiger partial charge in [0.05, 0.1) is 12.1 Å². The number of fused-ring (bicyclic) bond motifs is 1. The number of nitrogens with two attached hydrogens (primary N) is 1. The molecule has 2 aromatic carbocycles. The van der Waals surface area contributed by atoms with Crippen molar-refractivity contribution in [1.82, 2.24) is 5.32 Å². The van der Waals surface area contributed by atoms with Crippen LogP contribution in [0.4, 0.5) is 0 Å². The number of carbonyl (C=O) groups is 1. The monoisotopic (exact) mass is 430 g/mol. The van der Waals surface area contributed by atoms with Gasteiger partial charge >= 0.3 is 0 Å². The largest absolute Gasteiger partial charge is 0.490 e. The van der Waals surface area contributed by atoms with E-state index in [1.807, 2.05) is 18.2 Å². The summed E-state index contributed by atoms with van der Waals surface area (Å²) in [7, 11) is 0. The van der Waals surface area contributed by atoms with E-state index < -0.39 is 6.04 Å². The summed E-state index contributed by atoms with van der Waals surface area (Å²) >= 11 is 0. The van der Waals surface area contributed by atoms with Crippen molar-refractivity contribution in [2.45, 2.75) is 69.7 Å². The van der Waals surface area contributed by atoms with E-state index in [-0.39, 0.29) is 36.6 Å². The Hall–Kier alpha value is -2.24. The molecular weight excluding hydrogens is 400 g/mol. The molecule has 2 atom stereocenters. The molecule has 1 heterocycles. The Kier molecular flexibility index (Phi) is 7.62. The normalized spacial score (nSPS) is 23.9. The molecular formula is C24H31ClN2O3. The topological polar surface area (TPSA) is 73.6 Å². The lowest BCUT2D eigenvalue weighted by atomic mass is 9.92. The number of amides is 1. The number of carbonyl (C=O) groups excluding carboxylic acids is 1. The van der Waals surface area contributed by atoms with Crippen molar-refractivity contribution in [3.63, 3.8) is 0 Å². The minimum Gasteiger partial charge on any atom is -0.490 e. The van der Waals surface area contributed by atoms with Crippen LogP contribution in [0.5, 0.6) is 11.5 Å². The Morgan fingerprint density at radius 1 is 1.10 bits per heavy atom. The molecule has 5 nitrogen and oxygen atoms in total. The summed E-state index contributed by atoms with van der Waals surface area (Å²) in [6, 6.07) is 16.3. The second-order valence-electron chi connectivity index (χ2n) is 8.21. The van der Waals surface area contributed by atoms with Gasteiger partial charge in [-0.2, -0.15) is 0 Å². The predicted octanol–water partition coefficient (Wildman–Crippen LogP) is 4.33. The first-order valence-corrected chi connectivity index (χ1v) is 10.7. The third-order valence-electron chi connectivity index (χ3n) is 5.89. The standard InChI is InChI=1S/C24H30N2O3.ClH/c1-16(25)24(27)26-19-8-10-20(11-9-19)28-21-12-14-23-18(15-21)7-13-22(29-23)17-5-3-2-4-6-17;/h2-6,12,14-16,19-20,22H,7-11,13,25H2,1H3,(H,26,27);1H/t16?,19-,20-,22-;/m1./s1. The lowest BCUT2D eigenvalue weighted by Gasteiger charge is -2.31. The van der Waals surface area contributed by atoms with Gasteiger partial charge in [-0.05, 0) is 74.8 Å². The first kappa shape index (κ1) is 22.4. The van der Waals surface area contributed by atoms with E-state index >= 15 is 0 Å². The van der Waals surface area contributed by atoms with Crippen LogP contribution in [0.3, 0.4) is 0 Å². The molecule has 0 spiro atoms. The van der Waals surface area contributed by atoms with Crippen molar-refractivity contribution < 1.29 is 14.3 Å². The van der Waals surface area contributed by atoms with Crippen LogP contribution in [0.25, 0.3) is 0 Å². The quantitative estimate of drug-likeness (QED) is 0.740. The van der Waals surface area contributed by atoms with E-state index in [1.54, 1.807) is 6.92 Å². The Balaban J connectivity index is 0.00000256. The molecule has 3 N–H and O–H groups in total. The summed E-state index contributed by atoms with van der Waals surface area (Å²) in [6.07, 6.45) is 6.01. The van der Waals surface area contributed by atoms with Gasteiger partial charge in [0.15, 0.2) is 0 Å². The average molecular weight is 431 g/mol. The van der Waals surface area contributed by atoms with Crippen molar-refractivity contribution in [1.29, 1.82) is 0 Å². The number of halogens is 1. The molecule has 0 bridgehead atoms. The molecule has 1 unspecified atom stereocenters. The zero-order valence-electron chi connectivity index (χ0n) is 17.4. The zero-order chi connectivity index (χ0) is 20.2. The van der Waals surface area contributed by atoms with Crippen LogP contribution in [-0.4, -0.2) is 24.1 Å². The van der Waals surface area contributed by atoms with Crippen LogP contribution >= 0.6 is 12.4 Å². The lowest BCUT2D eigenvalue weighted by Crippen LogP contribution is -2.46. The summed E-state index contributed by atoms with van der Waals surface area (Å²) in [6.45, 7) is 1.71. The fourth-order valence-corrected chi connectivity index (χ4v) is 4.19. The molecule has 1 aliphatic carbocycles. The van der Waals surface area contributed by atoms with Gasteiger partial charge in [-0.25, -0.2) is 0 Å². The van der Waals surface area contributed by atoms with E-state index in [0.717, 1.165) is 50.0 Å². The first-order valence-electron chi connectivity index (χ1n) is 10.7. The molecule has 1 amide bonds. The fourth-order valence-electron chi connectivity index (χ4n) is 4.19. The molecule has 6 heteroatoms. The summed E-state index contributed by atoms with van der Waals surface area (Å²) in [5, 5.41) is 3.03. The SMILES string of the molecule is CC(N)C(=O)N[C@H]1CC[C@H](Oc2ccc3c(c2)CC[C@H](c2ccccc2)O3)CC1.Cl. The van der Waals surface area contributed by atoms with Gasteiger partial charge in [0.1, 0.15) is 17.6 Å². The van der Waals surface area contributed by atoms with E-state index in [9.17, 15) is 4.79 Å². The number of benzene rings is 2. The average Bonchev–Trinajstić information content (AvgIpc) is 2.75. The van der Waals surface area contributed by atoms with Crippen LogP contribution in [0.1, 0.15) is 56.3 Å². The maximum absolute atomic E-state index is 11.8. The molecule has 2 aliphatic rings. The van der Waals surface area contributed by atoms with Crippen LogP contribution in [0, 0.1) is 0 Å². The van der Waals surface area contributed by atoms with E-state index in [0.29, 0.717) is 0 Å². The highest BCUT2D eigenvalue weighted by atomic mass is 35.5. The Morgan fingerprint density at radius 3 is 2.53 bits per heavy atom. The molecule has 1 saturated carbocycles. The number of aryl methyl sites for hydroxylation is 1. The number of rotatable bonds is 5. The van der Waals surface area contributed by atoms with Crippen LogP contribution in [0.2, 0.25) is 0 Å². The predicted molar refractivity (Wildman–Crippen MR) is 120 cm³/mol. The maximum Gasteiger partial charge on any atom is 0.236 e. The summed E-state index contributed by atoms with van der Waals surface area (Å²) in [4.78, 5) is 11.8. The first-order chi connectivity index (χ1) is 14.1. The smallest absolute Gasteiger partial charge is 0.236 e. The summed E-state index contributed by atoms with van der Waals surface area (Å²) in [5.74, 6) is 1.80. The molecule has 30 heavy (non-hydrogen) atoms. The van der Waals surface area contributed by atoms with E-state index in [2.05, 4.69) is 35.6 Å². The number of ether oxygens (including phenoxy) is 2. The van der Waals surface area contributed by atoms with Crippen LogP contribution in [-0.2, 0) is 11.2 Å². The second kappa shape index (κ2) is 10.2. The highest BCUT2D eigenvalue weighted by Crippen LogP contribution is 2.37. The van der Waals surface area contributed by atoms with Gasteiger partial charge < -0.3 is 20.5 Å². The number of hydrogen-bond donors (Lipinski definition) is 2. The minimum absolute atomic E-state index is 0. The zero-order valence-corrected chi connectivity index (χ0v) is 18.2. The van der Waals surface area contributed by atoms with Gasteiger partial charge in [0, 0.05) is 6.04 Å². The summed E-state index contributed by atoms with van der Waals surface area (Å²) < 4.78 is 12.5. The van der Waals surface area contributed by atoms with Crippen molar-refractivity contribution in [2.75, 3.05) is 0 Å². The lowest BCUT2D eigenvalue weighted by molar-refractivity contribution is -0.123. The fraction of sp³-hybridized carbons (Fsp3) is 0.458. The van der Waals surface area contributed by atoms with Gasteiger partial charge in [0.25, 0.3) is 0 Å². The molecule has 162 valence electrons. The number of hydrogen-bond acceptors (Lipinski definition) is 4.